The number of carboxylic acid groups (broad SMARTS) is 1. The molecule has 0 atom stereocenters. The number of nitrogens with two attached hydrogens (primary N) is 1. The smallest absolute Gasteiger partial charge is 0.341 e. The molecule has 0 unspecified atom stereocenters. The fourth-order valence-corrected chi connectivity index (χ4v) is 3.89. The molecule has 32 heavy (non-hydrogen) atoms. The molecule has 0 aromatic heterocycles. The van der Waals surface area contributed by atoms with Crippen LogP contribution in [0.2, 0.25) is 0 Å². The van der Waals surface area contributed by atoms with Crippen molar-refractivity contribution in [2.75, 3.05) is 12.3 Å². The van der Waals surface area contributed by atoms with Gasteiger partial charge < -0.3 is 20.7 Å². The molecule has 6 N–H and O–H groups in total. The highest BCUT2D eigenvalue weighted by Gasteiger charge is 2.18. The van der Waals surface area contributed by atoms with E-state index in [9.17, 15) is 26.7 Å². The number of fused-ring (bicyclic) bond motifs is 1. The van der Waals surface area contributed by atoms with E-state index in [1.165, 1.54) is 0 Å². The molecule has 14 heteroatoms. The van der Waals surface area contributed by atoms with Crippen molar-refractivity contribution in [3.8, 4) is 11.5 Å². The second kappa shape index (κ2) is 9.86. The van der Waals surface area contributed by atoms with Crippen molar-refractivity contribution >= 4 is 65.3 Å². The van der Waals surface area contributed by atoms with Gasteiger partial charge in [0, 0.05) is 20.7 Å². The standard InChI is InChI=1S/C10H9NO7S2.C8H7IO3/c11-8-3-6(19(13,14)15)1-5-2-7(20(16,17)18)4-9(12)10(5)8;9-6-1-3-7(4-2-6)12-5-8(10)11/h1-4,12H,11H2,(H,13,14,15)(H,16,17,18);1-4H,5H2,(H,10,11). The number of phenols is 1. The Kier molecular flexibility index (Phi) is 7.89. The average Bonchev–Trinajstić information content (AvgIpc) is 2.66. The van der Waals surface area contributed by atoms with Crippen LogP contribution in [0.5, 0.6) is 11.5 Å². The molecule has 0 bridgehead atoms. The van der Waals surface area contributed by atoms with Gasteiger partial charge in [0.05, 0.1) is 9.79 Å². The van der Waals surface area contributed by atoms with Crippen LogP contribution in [0.4, 0.5) is 5.69 Å². The highest BCUT2D eigenvalue weighted by molar-refractivity contribution is 14.1. The van der Waals surface area contributed by atoms with Gasteiger partial charge in [-0.25, -0.2) is 4.79 Å². The van der Waals surface area contributed by atoms with E-state index in [-0.39, 0.29) is 23.1 Å². The van der Waals surface area contributed by atoms with Crippen LogP contribution in [-0.4, -0.2) is 48.7 Å². The summed E-state index contributed by atoms with van der Waals surface area (Å²) in [5, 5.41) is 18.0. The SMILES string of the molecule is Nc1cc(S(=O)(=O)O)cc2cc(S(=O)(=O)O)cc(O)c12.O=C(O)COc1ccc(I)cc1. The number of phenolic OH excluding ortho intramolecular Hbond substituents is 1. The Morgan fingerprint density at radius 1 is 0.938 bits per heavy atom. The van der Waals surface area contributed by atoms with Crippen LogP contribution in [0.25, 0.3) is 10.8 Å². The monoisotopic (exact) mass is 597 g/mol. The van der Waals surface area contributed by atoms with Crippen LogP contribution < -0.4 is 10.5 Å². The van der Waals surface area contributed by atoms with Crippen LogP contribution in [0.3, 0.4) is 0 Å². The lowest BCUT2D eigenvalue weighted by molar-refractivity contribution is -0.139. The lowest BCUT2D eigenvalue weighted by atomic mass is 10.1. The second-order valence-corrected chi connectivity index (χ2v) is 10.2. The third-order valence-corrected chi connectivity index (χ3v) is 6.16. The highest BCUT2D eigenvalue weighted by atomic mass is 127. The molecule has 0 amide bonds. The number of carboxylic acids is 1. The van der Waals surface area contributed by atoms with Gasteiger partial charge in [0.1, 0.15) is 11.5 Å². The zero-order valence-corrected chi connectivity index (χ0v) is 19.6. The lowest BCUT2D eigenvalue weighted by Crippen LogP contribution is -2.09. The fraction of sp³-hybridized carbons (Fsp3) is 0.0556. The van der Waals surface area contributed by atoms with Crippen molar-refractivity contribution in [1.82, 2.24) is 0 Å². The van der Waals surface area contributed by atoms with Gasteiger partial charge in [-0.15, -0.1) is 0 Å². The number of carbonyl (C=O) groups is 1. The third kappa shape index (κ3) is 6.92. The molecule has 3 rings (SSSR count). The number of anilines is 1. The molecule has 3 aromatic rings. The molecule has 0 aliphatic heterocycles. The first-order valence-electron chi connectivity index (χ1n) is 8.30. The molecular formula is C18H16INO10S2. The molecule has 0 heterocycles. The maximum Gasteiger partial charge on any atom is 0.341 e. The van der Waals surface area contributed by atoms with E-state index in [2.05, 4.69) is 22.6 Å². The van der Waals surface area contributed by atoms with E-state index < -0.39 is 41.7 Å². The number of aliphatic carboxylic acids is 1. The Hall–Kier alpha value is -2.66. The van der Waals surface area contributed by atoms with Crippen molar-refractivity contribution in [1.29, 1.82) is 0 Å². The van der Waals surface area contributed by atoms with Crippen LogP contribution in [-0.2, 0) is 25.0 Å². The number of halogens is 1. The molecule has 172 valence electrons. The molecule has 0 radical (unpaired) electrons. The predicted octanol–water partition coefficient (Wildman–Crippen LogP) is 2.38. The van der Waals surface area contributed by atoms with Gasteiger partial charge in [-0.1, -0.05) is 0 Å². The van der Waals surface area contributed by atoms with Crippen molar-refractivity contribution in [2.24, 2.45) is 0 Å². The Labute approximate surface area is 196 Å². The minimum absolute atomic E-state index is 0.00444. The summed E-state index contributed by atoms with van der Waals surface area (Å²) in [5.41, 5.74) is 5.39. The summed E-state index contributed by atoms with van der Waals surface area (Å²) < 4.78 is 68.1. The zero-order valence-electron chi connectivity index (χ0n) is 15.8. The summed E-state index contributed by atoms with van der Waals surface area (Å²) in [7, 11) is -9.14. The fourth-order valence-electron chi connectivity index (χ4n) is 2.44. The Balaban J connectivity index is 0.000000258. The number of nitrogen functional groups attached to an aromatic ring is 1. The minimum atomic E-state index is -4.59. The van der Waals surface area contributed by atoms with Crippen LogP contribution >= 0.6 is 22.6 Å². The van der Waals surface area contributed by atoms with Crippen molar-refractivity contribution in [3.05, 3.63) is 52.1 Å². The summed E-state index contributed by atoms with van der Waals surface area (Å²) in [5.74, 6) is -0.930. The van der Waals surface area contributed by atoms with E-state index in [0.29, 0.717) is 5.75 Å². The molecule has 11 nitrogen and oxygen atoms in total. The minimum Gasteiger partial charge on any atom is -0.507 e. The first-order valence-corrected chi connectivity index (χ1v) is 12.3. The summed E-state index contributed by atoms with van der Waals surface area (Å²) in [6, 6.07) is 10.8. The maximum atomic E-state index is 11.1. The Morgan fingerprint density at radius 3 is 1.91 bits per heavy atom. The average molecular weight is 597 g/mol. The lowest BCUT2D eigenvalue weighted by Gasteiger charge is -2.08. The number of ether oxygens (including phenoxy) is 1. The van der Waals surface area contributed by atoms with E-state index >= 15 is 0 Å². The first-order chi connectivity index (χ1) is 14.7. The molecule has 0 fully saturated rings. The quantitative estimate of drug-likeness (QED) is 0.164. The van der Waals surface area contributed by atoms with Gasteiger partial charge in [0.2, 0.25) is 0 Å². The van der Waals surface area contributed by atoms with Crippen molar-refractivity contribution in [3.63, 3.8) is 0 Å². The van der Waals surface area contributed by atoms with Gasteiger partial charge in [0.15, 0.2) is 6.61 Å². The summed E-state index contributed by atoms with van der Waals surface area (Å²) >= 11 is 2.17. The largest absolute Gasteiger partial charge is 0.507 e. The van der Waals surface area contributed by atoms with Crippen molar-refractivity contribution < 1.29 is 45.7 Å². The van der Waals surface area contributed by atoms with E-state index in [1.54, 1.807) is 12.1 Å². The molecule has 0 saturated carbocycles. The van der Waals surface area contributed by atoms with Gasteiger partial charge in [-0.2, -0.15) is 16.8 Å². The molecule has 0 saturated heterocycles. The van der Waals surface area contributed by atoms with Gasteiger partial charge in [-0.05, 0) is 70.4 Å². The van der Waals surface area contributed by atoms with E-state index in [4.69, 9.17) is 24.7 Å². The number of benzene rings is 3. The molecule has 0 aliphatic carbocycles. The van der Waals surface area contributed by atoms with Gasteiger partial charge in [0.25, 0.3) is 20.2 Å². The van der Waals surface area contributed by atoms with Crippen LogP contribution in [0, 0.1) is 3.57 Å². The van der Waals surface area contributed by atoms with Crippen LogP contribution in [0.15, 0.2) is 58.3 Å². The molecule has 3 aromatic carbocycles. The topological polar surface area (TPSA) is 202 Å². The normalized spacial score (nSPS) is 11.5. The van der Waals surface area contributed by atoms with Crippen molar-refractivity contribution in [2.45, 2.75) is 9.79 Å². The third-order valence-electron chi connectivity index (χ3n) is 3.78. The first kappa shape index (κ1) is 25.6. The number of hydrogen-bond donors (Lipinski definition) is 5. The maximum absolute atomic E-state index is 11.1. The summed E-state index contributed by atoms with van der Waals surface area (Å²) in [6.45, 7) is -0.291. The van der Waals surface area contributed by atoms with E-state index in [1.807, 2.05) is 12.1 Å². The number of aromatic hydroxyl groups is 1. The van der Waals surface area contributed by atoms with Crippen LogP contribution in [0.1, 0.15) is 0 Å². The van der Waals surface area contributed by atoms with Gasteiger partial charge >= 0.3 is 5.97 Å². The number of rotatable bonds is 5. The Morgan fingerprint density at radius 2 is 1.44 bits per heavy atom. The zero-order chi connectivity index (χ0) is 24.3. The summed E-state index contributed by atoms with van der Waals surface area (Å²) in [6.07, 6.45) is 0. The number of hydrogen-bond acceptors (Lipinski definition) is 8. The molecular weight excluding hydrogens is 581 g/mol. The molecule has 0 aliphatic rings. The summed E-state index contributed by atoms with van der Waals surface area (Å²) in [4.78, 5) is 8.92. The highest BCUT2D eigenvalue weighted by Crippen LogP contribution is 2.34. The molecule has 0 spiro atoms. The van der Waals surface area contributed by atoms with E-state index in [0.717, 1.165) is 27.8 Å². The predicted molar refractivity (Wildman–Crippen MR) is 122 cm³/mol. The Bertz CT molecular complexity index is 1300. The second-order valence-electron chi connectivity index (χ2n) is 6.14. The van der Waals surface area contributed by atoms with Gasteiger partial charge in [-0.3, -0.25) is 9.11 Å².